The number of aliphatic carboxylic acids is 1. The second-order valence-corrected chi connectivity index (χ2v) is 4.34. The third kappa shape index (κ3) is 2.79. The van der Waals surface area contributed by atoms with E-state index in [0.29, 0.717) is 18.5 Å². The van der Waals surface area contributed by atoms with Crippen LogP contribution < -0.4 is 5.32 Å². The number of carboxylic acids is 1. The third-order valence-corrected chi connectivity index (χ3v) is 3.14. The smallest absolute Gasteiger partial charge is 0.324 e. The van der Waals surface area contributed by atoms with Crippen LogP contribution in [-0.4, -0.2) is 23.2 Å². The summed E-state index contributed by atoms with van der Waals surface area (Å²) in [4.78, 5) is 11.2. The van der Waals surface area contributed by atoms with Crippen molar-refractivity contribution in [1.82, 2.24) is 5.32 Å². The monoisotopic (exact) mass is 277 g/mol. The van der Waals surface area contributed by atoms with E-state index in [2.05, 4.69) is 5.32 Å². The molecule has 2 N–H and O–H groups in total. The first-order valence-electron chi connectivity index (χ1n) is 5.46. The maximum Gasteiger partial charge on any atom is 0.324 e. The molecule has 1 heterocycles. The quantitative estimate of drug-likeness (QED) is 0.890. The van der Waals surface area contributed by atoms with Crippen molar-refractivity contribution >= 4 is 18.4 Å². The second kappa shape index (κ2) is 5.63. The van der Waals surface area contributed by atoms with Crippen molar-refractivity contribution < 1.29 is 18.7 Å². The molecule has 18 heavy (non-hydrogen) atoms. The Morgan fingerprint density at radius 2 is 2.11 bits per heavy atom. The van der Waals surface area contributed by atoms with Gasteiger partial charge in [-0.25, -0.2) is 8.78 Å². The minimum atomic E-state index is -1.04. The zero-order chi connectivity index (χ0) is 12.5. The van der Waals surface area contributed by atoms with Gasteiger partial charge in [-0.05, 0) is 37.1 Å². The van der Waals surface area contributed by atoms with Gasteiger partial charge in [0.2, 0.25) is 0 Å². The largest absolute Gasteiger partial charge is 0.480 e. The van der Waals surface area contributed by atoms with Gasteiger partial charge < -0.3 is 10.4 Å². The molecule has 3 nitrogen and oxygen atoms in total. The van der Waals surface area contributed by atoms with Gasteiger partial charge in [-0.15, -0.1) is 12.4 Å². The average molecular weight is 278 g/mol. The molecule has 1 aliphatic heterocycles. The molecule has 1 fully saturated rings. The molecule has 1 saturated heterocycles. The van der Waals surface area contributed by atoms with Crippen molar-refractivity contribution in [2.24, 2.45) is 0 Å². The second-order valence-electron chi connectivity index (χ2n) is 4.34. The van der Waals surface area contributed by atoms with E-state index in [1.54, 1.807) is 0 Å². The predicted octanol–water partition coefficient (Wildman–Crippen LogP) is 2.14. The highest BCUT2D eigenvalue weighted by molar-refractivity contribution is 5.85. The van der Waals surface area contributed by atoms with Crippen LogP contribution in [0, 0.1) is 11.6 Å². The highest BCUT2D eigenvalue weighted by Crippen LogP contribution is 2.25. The van der Waals surface area contributed by atoms with E-state index in [9.17, 15) is 18.7 Å². The molecule has 0 bridgehead atoms. The fourth-order valence-corrected chi connectivity index (χ4v) is 2.21. The van der Waals surface area contributed by atoms with Gasteiger partial charge in [-0.1, -0.05) is 6.07 Å². The Hall–Kier alpha value is -1.20. The van der Waals surface area contributed by atoms with Crippen LogP contribution in [0.5, 0.6) is 0 Å². The van der Waals surface area contributed by atoms with E-state index in [1.807, 2.05) is 0 Å². The van der Waals surface area contributed by atoms with Gasteiger partial charge in [0.15, 0.2) is 11.6 Å². The molecule has 1 unspecified atom stereocenters. The molecule has 0 aliphatic carbocycles. The number of halogens is 3. The number of rotatable bonds is 3. The molecule has 1 atom stereocenters. The molecule has 1 aromatic rings. The fourth-order valence-electron chi connectivity index (χ4n) is 2.21. The van der Waals surface area contributed by atoms with Crippen LogP contribution in [0.4, 0.5) is 8.78 Å². The number of carboxylic acid groups (broad SMARTS) is 1. The van der Waals surface area contributed by atoms with Crippen molar-refractivity contribution in [3.05, 3.63) is 35.4 Å². The molecule has 0 radical (unpaired) electrons. The topological polar surface area (TPSA) is 49.3 Å². The summed E-state index contributed by atoms with van der Waals surface area (Å²) in [6.45, 7) is 0.635. The Bertz CT molecular complexity index is 448. The first kappa shape index (κ1) is 14.9. The Labute approximate surface area is 110 Å². The number of carbonyl (C=O) groups is 1. The number of benzene rings is 1. The van der Waals surface area contributed by atoms with Crippen LogP contribution >= 0.6 is 12.4 Å². The Kier molecular flexibility index (Phi) is 4.65. The van der Waals surface area contributed by atoms with Crippen molar-refractivity contribution in [2.75, 3.05) is 6.54 Å². The van der Waals surface area contributed by atoms with Crippen molar-refractivity contribution in [2.45, 2.75) is 24.8 Å². The van der Waals surface area contributed by atoms with E-state index >= 15 is 0 Å². The zero-order valence-electron chi connectivity index (χ0n) is 9.58. The average Bonchev–Trinajstić information content (AvgIpc) is 2.73. The maximum atomic E-state index is 13.0. The van der Waals surface area contributed by atoms with E-state index in [0.717, 1.165) is 18.6 Å². The van der Waals surface area contributed by atoms with Crippen molar-refractivity contribution in [3.63, 3.8) is 0 Å². The lowest BCUT2D eigenvalue weighted by Crippen LogP contribution is -2.49. The van der Waals surface area contributed by atoms with Crippen molar-refractivity contribution in [3.8, 4) is 0 Å². The summed E-state index contributed by atoms with van der Waals surface area (Å²) in [6.07, 6.45) is 1.44. The number of hydrogen-bond donors (Lipinski definition) is 2. The normalized spacial score (nSPS) is 22.6. The van der Waals surface area contributed by atoms with E-state index in [1.165, 1.54) is 6.07 Å². The highest BCUT2D eigenvalue weighted by atomic mass is 35.5. The highest BCUT2D eigenvalue weighted by Gasteiger charge is 2.41. The molecule has 2 rings (SSSR count). The molecule has 100 valence electrons. The standard InChI is InChI=1S/C12H13F2NO2.ClH/c13-9-3-2-8(6-10(9)14)7-12(11(16)17)4-1-5-15-12;/h2-3,6,15H,1,4-5,7H2,(H,16,17);1H. The summed E-state index contributed by atoms with van der Waals surface area (Å²) in [6, 6.07) is 3.50. The lowest BCUT2D eigenvalue weighted by Gasteiger charge is -2.24. The molecule has 1 aromatic carbocycles. The minimum Gasteiger partial charge on any atom is -0.480 e. The Morgan fingerprint density at radius 3 is 2.61 bits per heavy atom. The Morgan fingerprint density at radius 1 is 1.39 bits per heavy atom. The van der Waals surface area contributed by atoms with E-state index < -0.39 is 23.1 Å². The van der Waals surface area contributed by atoms with Crippen LogP contribution in [0.25, 0.3) is 0 Å². The van der Waals surface area contributed by atoms with Crippen LogP contribution in [0.2, 0.25) is 0 Å². The number of hydrogen-bond acceptors (Lipinski definition) is 2. The summed E-state index contributed by atoms with van der Waals surface area (Å²) < 4.78 is 25.8. The van der Waals surface area contributed by atoms with Gasteiger partial charge in [-0.3, -0.25) is 4.79 Å². The molecular weight excluding hydrogens is 264 g/mol. The Balaban J connectivity index is 0.00000162. The van der Waals surface area contributed by atoms with Gasteiger partial charge in [-0.2, -0.15) is 0 Å². The van der Waals surface area contributed by atoms with Crippen LogP contribution in [0.3, 0.4) is 0 Å². The molecule has 0 spiro atoms. The van der Waals surface area contributed by atoms with Crippen LogP contribution in [0.1, 0.15) is 18.4 Å². The first-order valence-corrected chi connectivity index (χ1v) is 5.46. The number of nitrogens with one attached hydrogen (secondary N) is 1. The maximum absolute atomic E-state index is 13.0. The van der Waals surface area contributed by atoms with Gasteiger partial charge in [0.1, 0.15) is 5.54 Å². The molecule has 1 aliphatic rings. The lowest BCUT2D eigenvalue weighted by atomic mass is 9.89. The molecular formula is C12H14ClF2NO2. The van der Waals surface area contributed by atoms with E-state index in [4.69, 9.17) is 0 Å². The van der Waals surface area contributed by atoms with Gasteiger partial charge in [0.25, 0.3) is 0 Å². The zero-order valence-corrected chi connectivity index (χ0v) is 10.4. The van der Waals surface area contributed by atoms with Crippen LogP contribution in [-0.2, 0) is 11.2 Å². The third-order valence-electron chi connectivity index (χ3n) is 3.14. The minimum absolute atomic E-state index is 0. The molecule has 0 amide bonds. The molecule has 6 heteroatoms. The summed E-state index contributed by atoms with van der Waals surface area (Å²) in [5.74, 6) is -2.81. The summed E-state index contributed by atoms with van der Waals surface area (Å²) >= 11 is 0. The fraction of sp³-hybridized carbons (Fsp3) is 0.417. The van der Waals surface area contributed by atoms with Crippen molar-refractivity contribution in [1.29, 1.82) is 0 Å². The van der Waals surface area contributed by atoms with Gasteiger partial charge in [0, 0.05) is 6.42 Å². The van der Waals surface area contributed by atoms with E-state index in [-0.39, 0.29) is 18.8 Å². The SMILES string of the molecule is Cl.O=C(O)C1(Cc2ccc(F)c(F)c2)CCCN1. The van der Waals surface area contributed by atoms with Crippen LogP contribution in [0.15, 0.2) is 18.2 Å². The molecule has 0 aromatic heterocycles. The van der Waals surface area contributed by atoms with Gasteiger partial charge >= 0.3 is 5.97 Å². The molecule has 0 saturated carbocycles. The lowest BCUT2D eigenvalue weighted by molar-refractivity contribution is -0.144. The summed E-state index contributed by atoms with van der Waals surface area (Å²) in [5.41, 5.74) is -0.551. The summed E-state index contributed by atoms with van der Waals surface area (Å²) in [5, 5.41) is 12.2. The van der Waals surface area contributed by atoms with Gasteiger partial charge in [0.05, 0.1) is 0 Å². The first-order chi connectivity index (χ1) is 8.03. The summed E-state index contributed by atoms with van der Waals surface area (Å²) in [7, 11) is 0. The predicted molar refractivity (Wildman–Crippen MR) is 64.9 cm³/mol.